The van der Waals surface area contributed by atoms with Crippen molar-refractivity contribution in [1.82, 2.24) is 0 Å². The molecule has 2 heteroatoms. The molecule has 0 bridgehead atoms. The molecule has 0 fully saturated rings. The van der Waals surface area contributed by atoms with Crippen molar-refractivity contribution in [2.75, 3.05) is 6.61 Å². The van der Waals surface area contributed by atoms with Crippen molar-refractivity contribution in [1.29, 1.82) is 5.26 Å². The molecule has 0 saturated carbocycles. The second-order valence-electron chi connectivity index (χ2n) is 4.00. The van der Waals surface area contributed by atoms with Gasteiger partial charge >= 0.3 is 0 Å². The van der Waals surface area contributed by atoms with E-state index in [1.165, 1.54) is 0 Å². The Bertz CT molecular complexity index is 328. The van der Waals surface area contributed by atoms with Crippen molar-refractivity contribution in [2.24, 2.45) is 5.41 Å². The molecule has 2 nitrogen and oxygen atoms in total. The highest BCUT2D eigenvalue weighted by Gasteiger charge is 2.21. The first-order valence-corrected chi connectivity index (χ1v) is 5.23. The van der Waals surface area contributed by atoms with E-state index in [9.17, 15) is 0 Å². The Kier molecular flexibility index (Phi) is 4.33. The molecule has 1 aromatic carbocycles. The molecule has 0 aliphatic heterocycles. The van der Waals surface area contributed by atoms with Crippen molar-refractivity contribution < 1.29 is 4.74 Å². The van der Waals surface area contributed by atoms with E-state index in [1.54, 1.807) is 0 Å². The lowest BCUT2D eigenvalue weighted by Crippen LogP contribution is -2.20. The molecule has 0 aliphatic rings. The van der Waals surface area contributed by atoms with Crippen molar-refractivity contribution in [3.8, 4) is 6.07 Å². The van der Waals surface area contributed by atoms with Gasteiger partial charge in [-0.15, -0.1) is 0 Å². The summed E-state index contributed by atoms with van der Waals surface area (Å²) >= 11 is 0. The van der Waals surface area contributed by atoms with E-state index >= 15 is 0 Å². The Morgan fingerprint density at radius 3 is 2.53 bits per heavy atom. The monoisotopic (exact) mass is 203 g/mol. The molecular weight excluding hydrogens is 186 g/mol. The van der Waals surface area contributed by atoms with E-state index in [0.29, 0.717) is 13.2 Å². The van der Waals surface area contributed by atoms with Gasteiger partial charge in [-0.05, 0) is 18.9 Å². The van der Waals surface area contributed by atoms with Crippen molar-refractivity contribution >= 4 is 0 Å². The fraction of sp³-hybridized carbons (Fsp3) is 0.462. The zero-order valence-corrected chi connectivity index (χ0v) is 9.36. The van der Waals surface area contributed by atoms with E-state index in [-0.39, 0.29) is 5.41 Å². The maximum atomic E-state index is 8.95. The van der Waals surface area contributed by atoms with Crippen LogP contribution in [0.5, 0.6) is 0 Å². The molecule has 1 aromatic rings. The maximum Gasteiger partial charge on any atom is 0.0776 e. The Balaban J connectivity index is 2.37. The fourth-order valence-electron chi connectivity index (χ4n) is 1.18. The molecule has 0 aromatic heterocycles. The van der Waals surface area contributed by atoms with Crippen LogP contribution in [0.3, 0.4) is 0 Å². The summed E-state index contributed by atoms with van der Waals surface area (Å²) < 4.78 is 5.54. The molecule has 0 heterocycles. The van der Waals surface area contributed by atoms with Crippen LogP contribution < -0.4 is 0 Å². The molecule has 80 valence electrons. The van der Waals surface area contributed by atoms with Crippen LogP contribution >= 0.6 is 0 Å². The van der Waals surface area contributed by atoms with E-state index in [1.807, 2.05) is 44.2 Å². The van der Waals surface area contributed by atoms with Crippen molar-refractivity contribution in [3.63, 3.8) is 0 Å². The molecule has 0 spiro atoms. The van der Waals surface area contributed by atoms with Gasteiger partial charge in [0.2, 0.25) is 0 Å². The summed E-state index contributed by atoms with van der Waals surface area (Å²) in [5.41, 5.74) is 0.795. The molecule has 0 radical (unpaired) electrons. The summed E-state index contributed by atoms with van der Waals surface area (Å²) in [6.07, 6.45) is 0.818. The van der Waals surface area contributed by atoms with Crippen LogP contribution in [-0.4, -0.2) is 6.61 Å². The van der Waals surface area contributed by atoms with Crippen LogP contribution in [0, 0.1) is 16.7 Å². The van der Waals surface area contributed by atoms with Gasteiger partial charge in [0.25, 0.3) is 0 Å². The summed E-state index contributed by atoms with van der Waals surface area (Å²) in [6, 6.07) is 12.3. The van der Waals surface area contributed by atoms with Gasteiger partial charge < -0.3 is 4.74 Å². The Labute approximate surface area is 91.5 Å². The summed E-state index contributed by atoms with van der Waals surface area (Å²) in [5, 5.41) is 8.95. The largest absolute Gasteiger partial charge is 0.375 e. The number of hydrogen-bond acceptors (Lipinski definition) is 2. The number of ether oxygens (including phenoxy) is 1. The molecular formula is C13H17NO. The highest BCUT2D eigenvalue weighted by atomic mass is 16.5. The molecule has 15 heavy (non-hydrogen) atoms. The van der Waals surface area contributed by atoms with E-state index in [4.69, 9.17) is 10.00 Å². The molecule has 1 unspecified atom stereocenters. The van der Waals surface area contributed by atoms with Gasteiger partial charge in [-0.3, -0.25) is 0 Å². The van der Waals surface area contributed by atoms with Gasteiger partial charge in [-0.25, -0.2) is 0 Å². The number of nitriles is 1. The van der Waals surface area contributed by atoms with E-state index in [0.717, 1.165) is 12.0 Å². The van der Waals surface area contributed by atoms with E-state index < -0.39 is 0 Å². The SMILES string of the molecule is CCC(C)(C#N)COCc1ccccc1. The zero-order valence-electron chi connectivity index (χ0n) is 9.36. The summed E-state index contributed by atoms with van der Waals surface area (Å²) in [6.45, 7) is 5.01. The van der Waals surface area contributed by atoms with Crippen LogP contribution in [0.1, 0.15) is 25.8 Å². The van der Waals surface area contributed by atoms with Gasteiger partial charge in [-0.1, -0.05) is 37.3 Å². The molecule has 1 atom stereocenters. The first-order valence-electron chi connectivity index (χ1n) is 5.23. The normalized spacial score (nSPS) is 14.2. The van der Waals surface area contributed by atoms with Gasteiger partial charge in [0.1, 0.15) is 0 Å². The first-order chi connectivity index (χ1) is 7.20. The smallest absolute Gasteiger partial charge is 0.0776 e. The topological polar surface area (TPSA) is 33.0 Å². The van der Waals surface area contributed by atoms with Crippen molar-refractivity contribution in [2.45, 2.75) is 26.9 Å². The minimum absolute atomic E-state index is 0.352. The van der Waals surface area contributed by atoms with Gasteiger partial charge in [0.05, 0.1) is 24.7 Å². The number of nitrogens with zero attached hydrogens (tertiary/aromatic N) is 1. The van der Waals surface area contributed by atoms with Crippen LogP contribution in [0.25, 0.3) is 0 Å². The minimum atomic E-state index is -0.352. The average molecular weight is 203 g/mol. The lowest BCUT2D eigenvalue weighted by atomic mass is 9.91. The third kappa shape index (κ3) is 3.73. The second-order valence-corrected chi connectivity index (χ2v) is 4.00. The Morgan fingerprint density at radius 1 is 1.33 bits per heavy atom. The Morgan fingerprint density at radius 2 is 2.00 bits per heavy atom. The third-order valence-electron chi connectivity index (χ3n) is 2.58. The lowest BCUT2D eigenvalue weighted by molar-refractivity contribution is 0.0658. The first kappa shape index (κ1) is 11.7. The molecule has 0 amide bonds. The number of rotatable bonds is 5. The minimum Gasteiger partial charge on any atom is -0.375 e. The third-order valence-corrected chi connectivity index (χ3v) is 2.58. The Hall–Kier alpha value is -1.33. The van der Waals surface area contributed by atoms with Crippen LogP contribution in [-0.2, 0) is 11.3 Å². The summed E-state index contributed by atoms with van der Waals surface area (Å²) in [5.74, 6) is 0. The number of benzene rings is 1. The molecule has 0 saturated heterocycles. The molecule has 1 rings (SSSR count). The fourth-order valence-corrected chi connectivity index (χ4v) is 1.18. The highest BCUT2D eigenvalue weighted by molar-refractivity contribution is 5.13. The van der Waals surface area contributed by atoms with Gasteiger partial charge in [-0.2, -0.15) is 5.26 Å². The van der Waals surface area contributed by atoms with Gasteiger partial charge in [0.15, 0.2) is 0 Å². The standard InChI is InChI=1S/C13H17NO/c1-3-13(2,10-14)11-15-9-12-7-5-4-6-8-12/h4-8H,3,9,11H2,1-2H3. The quantitative estimate of drug-likeness (QED) is 0.736. The maximum absolute atomic E-state index is 8.95. The highest BCUT2D eigenvalue weighted by Crippen LogP contribution is 2.20. The second kappa shape index (κ2) is 5.53. The van der Waals surface area contributed by atoms with Crippen LogP contribution in [0.4, 0.5) is 0 Å². The van der Waals surface area contributed by atoms with Crippen molar-refractivity contribution in [3.05, 3.63) is 35.9 Å². The van der Waals surface area contributed by atoms with E-state index in [2.05, 4.69) is 6.07 Å². The average Bonchev–Trinajstić information content (AvgIpc) is 2.30. The predicted octanol–water partition coefficient (Wildman–Crippen LogP) is 3.14. The van der Waals surface area contributed by atoms with Crippen LogP contribution in [0.15, 0.2) is 30.3 Å². The molecule has 0 aliphatic carbocycles. The summed E-state index contributed by atoms with van der Waals surface area (Å²) in [4.78, 5) is 0. The predicted molar refractivity (Wildman–Crippen MR) is 60.1 cm³/mol. The van der Waals surface area contributed by atoms with Gasteiger partial charge in [0, 0.05) is 0 Å². The summed E-state index contributed by atoms with van der Waals surface area (Å²) in [7, 11) is 0. The molecule has 0 N–H and O–H groups in total. The zero-order chi connectivity index (χ0) is 11.1. The number of hydrogen-bond donors (Lipinski definition) is 0. The lowest BCUT2D eigenvalue weighted by Gasteiger charge is -2.18. The van der Waals surface area contributed by atoms with Crippen LogP contribution in [0.2, 0.25) is 0 Å².